The number of carbonyl (C=O) groups excluding carboxylic acids is 1. The predicted octanol–water partition coefficient (Wildman–Crippen LogP) is 0.251. The summed E-state index contributed by atoms with van der Waals surface area (Å²) in [4.78, 5) is 21.9. The molecular weight excluding hydrogens is 186 g/mol. The second-order valence-corrected chi connectivity index (χ2v) is 2.66. The van der Waals surface area contributed by atoms with Crippen LogP contribution in [0.4, 0.5) is 0 Å². The van der Waals surface area contributed by atoms with Crippen LogP contribution in [0.15, 0.2) is 11.1 Å². The van der Waals surface area contributed by atoms with Crippen LogP contribution in [0.25, 0.3) is 0 Å². The lowest BCUT2D eigenvalue weighted by molar-refractivity contribution is -0.136. The van der Waals surface area contributed by atoms with E-state index in [2.05, 4.69) is 0 Å². The average Bonchev–Trinajstić information content (AvgIpc) is 2.12. The summed E-state index contributed by atoms with van der Waals surface area (Å²) in [5, 5.41) is 26.2. The summed E-state index contributed by atoms with van der Waals surface area (Å²) in [5.74, 6) is -2.41. The van der Waals surface area contributed by atoms with Gasteiger partial charge in [-0.2, -0.15) is 5.26 Å². The highest BCUT2D eigenvalue weighted by molar-refractivity contribution is 6.19. The number of Topliss-reactive ketones (excluding diaryl/α,β-unsaturated/α-hetero) is 1. The highest BCUT2D eigenvalue weighted by Crippen LogP contribution is 2.11. The Labute approximate surface area is 81.3 Å². The average molecular weight is 197 g/mol. The Bertz CT molecular complexity index is 322. The number of carboxylic acids is 1. The van der Waals surface area contributed by atoms with Gasteiger partial charge in [0, 0.05) is 5.57 Å². The quantitative estimate of drug-likeness (QED) is 0.291. The van der Waals surface area contributed by atoms with Crippen LogP contribution >= 0.6 is 0 Å². The van der Waals surface area contributed by atoms with Gasteiger partial charge in [-0.1, -0.05) is 6.92 Å². The first-order valence-electron chi connectivity index (χ1n) is 4.04. The second-order valence-electron chi connectivity index (χ2n) is 2.66. The van der Waals surface area contributed by atoms with E-state index in [0.717, 1.165) is 6.92 Å². The van der Waals surface area contributed by atoms with Gasteiger partial charge in [-0.15, -0.1) is 0 Å². The molecule has 0 saturated carbocycles. The lowest BCUT2D eigenvalue weighted by Crippen LogP contribution is -2.24. The van der Waals surface area contributed by atoms with Gasteiger partial charge in [0.05, 0.1) is 6.07 Å². The number of carboxylic acid groups (broad SMARTS) is 1. The number of ketones is 1. The molecule has 1 atom stereocenters. The molecule has 0 aliphatic heterocycles. The van der Waals surface area contributed by atoms with E-state index in [4.69, 9.17) is 15.5 Å². The summed E-state index contributed by atoms with van der Waals surface area (Å²) in [6.45, 7) is 2.73. The molecule has 0 aliphatic carbocycles. The number of allylic oxidation sites excluding steroid dienone is 1. The van der Waals surface area contributed by atoms with Gasteiger partial charge >= 0.3 is 5.97 Å². The van der Waals surface area contributed by atoms with E-state index in [1.165, 1.54) is 0 Å². The fourth-order valence-corrected chi connectivity index (χ4v) is 0.904. The van der Waals surface area contributed by atoms with Crippen LogP contribution in [0.5, 0.6) is 0 Å². The van der Waals surface area contributed by atoms with Gasteiger partial charge in [0.2, 0.25) is 0 Å². The van der Waals surface area contributed by atoms with Gasteiger partial charge in [-0.05, 0) is 13.3 Å². The molecule has 0 heterocycles. The van der Waals surface area contributed by atoms with Crippen molar-refractivity contribution in [3.63, 3.8) is 0 Å². The topological polar surface area (TPSA) is 98.4 Å². The fraction of sp³-hybridized carbons (Fsp3) is 0.444. The molecule has 0 fully saturated rings. The molecule has 0 radical (unpaired) electrons. The van der Waals surface area contributed by atoms with E-state index < -0.39 is 23.4 Å². The number of aliphatic carboxylic acids is 1. The van der Waals surface area contributed by atoms with Gasteiger partial charge < -0.3 is 10.2 Å². The molecule has 2 N–H and O–H groups in total. The number of nitriles is 1. The first kappa shape index (κ1) is 12.3. The van der Waals surface area contributed by atoms with Crippen molar-refractivity contribution in [2.45, 2.75) is 26.4 Å². The second kappa shape index (κ2) is 5.14. The largest absolute Gasteiger partial charge is 0.478 e. The molecule has 76 valence electrons. The Morgan fingerprint density at radius 2 is 2.00 bits per heavy atom. The molecule has 5 heteroatoms. The molecule has 0 saturated heterocycles. The maximum atomic E-state index is 11.2. The van der Waals surface area contributed by atoms with Crippen LogP contribution in [0, 0.1) is 11.3 Å². The van der Waals surface area contributed by atoms with Crippen molar-refractivity contribution in [2.24, 2.45) is 0 Å². The molecule has 0 spiro atoms. The zero-order valence-electron chi connectivity index (χ0n) is 7.94. The van der Waals surface area contributed by atoms with Crippen molar-refractivity contribution in [3.8, 4) is 6.07 Å². The third kappa shape index (κ3) is 2.68. The minimum Gasteiger partial charge on any atom is -0.478 e. The number of nitrogens with zero attached hydrogens (tertiary/aromatic N) is 1. The normalized spacial score (nSPS) is 13.9. The summed E-state index contributed by atoms with van der Waals surface area (Å²) >= 11 is 0. The highest BCUT2D eigenvalue weighted by Gasteiger charge is 2.25. The van der Waals surface area contributed by atoms with Gasteiger partial charge in [0.15, 0.2) is 5.78 Å². The number of carbonyl (C=O) groups is 2. The summed E-state index contributed by atoms with van der Waals surface area (Å²) in [5.41, 5.74) is -0.742. The number of rotatable bonds is 4. The fourth-order valence-electron chi connectivity index (χ4n) is 0.904. The maximum absolute atomic E-state index is 11.2. The number of hydrogen-bond donors (Lipinski definition) is 2. The van der Waals surface area contributed by atoms with E-state index in [-0.39, 0.29) is 12.0 Å². The smallest absolute Gasteiger partial charge is 0.340 e. The summed E-state index contributed by atoms with van der Waals surface area (Å²) in [6, 6.07) is 1.64. The van der Waals surface area contributed by atoms with Crippen LogP contribution in [0.2, 0.25) is 0 Å². The molecule has 0 aromatic rings. The van der Waals surface area contributed by atoms with Crippen LogP contribution in [-0.4, -0.2) is 28.1 Å². The summed E-state index contributed by atoms with van der Waals surface area (Å²) in [6.07, 6.45) is -1.26. The van der Waals surface area contributed by atoms with Gasteiger partial charge in [-0.3, -0.25) is 4.79 Å². The molecule has 0 bridgehead atoms. The van der Waals surface area contributed by atoms with Crippen molar-refractivity contribution in [1.82, 2.24) is 0 Å². The van der Waals surface area contributed by atoms with Crippen molar-refractivity contribution in [1.29, 1.82) is 5.26 Å². The zero-order valence-corrected chi connectivity index (χ0v) is 7.94. The molecular formula is C9H11NO4. The Morgan fingerprint density at radius 1 is 1.50 bits per heavy atom. The maximum Gasteiger partial charge on any atom is 0.340 e. The summed E-state index contributed by atoms with van der Waals surface area (Å²) < 4.78 is 0. The summed E-state index contributed by atoms with van der Waals surface area (Å²) in [7, 11) is 0. The minimum atomic E-state index is -1.48. The van der Waals surface area contributed by atoms with E-state index in [9.17, 15) is 9.59 Å². The molecule has 0 amide bonds. The van der Waals surface area contributed by atoms with Crippen LogP contribution in [0.1, 0.15) is 20.3 Å². The molecule has 1 unspecified atom stereocenters. The van der Waals surface area contributed by atoms with Crippen LogP contribution in [0.3, 0.4) is 0 Å². The molecule has 5 nitrogen and oxygen atoms in total. The Hall–Kier alpha value is -1.67. The van der Waals surface area contributed by atoms with Crippen molar-refractivity contribution < 1.29 is 19.8 Å². The first-order valence-corrected chi connectivity index (χ1v) is 4.04. The third-order valence-electron chi connectivity index (χ3n) is 1.63. The van der Waals surface area contributed by atoms with E-state index in [1.54, 1.807) is 13.0 Å². The molecule has 0 rings (SSSR count). The molecule has 0 aliphatic rings. The zero-order chi connectivity index (χ0) is 11.3. The Morgan fingerprint density at radius 3 is 2.21 bits per heavy atom. The van der Waals surface area contributed by atoms with Gasteiger partial charge in [-0.25, -0.2) is 4.79 Å². The monoisotopic (exact) mass is 197 g/mol. The number of hydrogen-bond acceptors (Lipinski definition) is 4. The molecule has 0 aromatic heterocycles. The standard InChI is InChI=1S/C9H11NO4/c1-3-6(4-10)7(9(13)14)8(12)5(2)11/h5,11H,3H2,1-2H3,(H,13,14). The lowest BCUT2D eigenvalue weighted by Gasteiger charge is -2.05. The SMILES string of the molecule is CCC(C#N)=C(C(=O)O)C(=O)C(C)O. The Kier molecular flexibility index (Phi) is 4.53. The highest BCUT2D eigenvalue weighted by atomic mass is 16.4. The number of aliphatic hydroxyl groups is 1. The number of aliphatic hydroxyl groups excluding tert-OH is 1. The van der Waals surface area contributed by atoms with E-state index in [0.29, 0.717) is 0 Å². The van der Waals surface area contributed by atoms with E-state index in [1.807, 2.05) is 0 Å². The van der Waals surface area contributed by atoms with Crippen molar-refractivity contribution in [3.05, 3.63) is 11.1 Å². The van der Waals surface area contributed by atoms with Crippen molar-refractivity contribution in [2.75, 3.05) is 0 Å². The van der Waals surface area contributed by atoms with E-state index >= 15 is 0 Å². The first-order chi connectivity index (χ1) is 6.45. The minimum absolute atomic E-state index is 0.122. The van der Waals surface area contributed by atoms with Crippen LogP contribution < -0.4 is 0 Å². The third-order valence-corrected chi connectivity index (χ3v) is 1.63. The predicted molar refractivity (Wildman–Crippen MR) is 47.3 cm³/mol. The van der Waals surface area contributed by atoms with Crippen LogP contribution in [-0.2, 0) is 9.59 Å². The van der Waals surface area contributed by atoms with Crippen molar-refractivity contribution >= 4 is 11.8 Å². The van der Waals surface area contributed by atoms with Gasteiger partial charge in [0.1, 0.15) is 11.7 Å². The molecule has 0 aromatic carbocycles. The van der Waals surface area contributed by atoms with Gasteiger partial charge in [0.25, 0.3) is 0 Å². The molecule has 14 heavy (non-hydrogen) atoms. The lowest BCUT2D eigenvalue weighted by atomic mass is 10.0. The Balaban J connectivity index is 5.37.